The average molecular weight is 232 g/mol. The Labute approximate surface area is 97.4 Å². The molecule has 0 saturated carbocycles. The fourth-order valence-corrected chi connectivity index (χ4v) is 1.52. The number of anilines is 1. The van der Waals surface area contributed by atoms with Crippen molar-refractivity contribution in [2.75, 3.05) is 5.43 Å². The van der Waals surface area contributed by atoms with E-state index in [0.717, 1.165) is 5.39 Å². The maximum atomic E-state index is 10.9. The standard InChI is InChI=1S/C11H12N4O2/c12-13-11(17)15-14-9-6-5-7-3-1-2-4-8(7)10(9)16/h1-6,14,16H,12H2,(H2,13,15,17). The molecule has 0 aliphatic heterocycles. The van der Waals surface area contributed by atoms with E-state index in [1.807, 2.05) is 29.7 Å². The molecule has 6 nitrogen and oxygen atoms in total. The summed E-state index contributed by atoms with van der Waals surface area (Å²) in [7, 11) is 0. The summed E-state index contributed by atoms with van der Waals surface area (Å²) in [4.78, 5) is 10.9. The van der Waals surface area contributed by atoms with Gasteiger partial charge in [-0.3, -0.25) is 16.3 Å². The molecule has 2 amide bonds. The molecule has 17 heavy (non-hydrogen) atoms. The highest BCUT2D eigenvalue weighted by atomic mass is 16.3. The van der Waals surface area contributed by atoms with E-state index in [1.54, 1.807) is 12.1 Å². The Morgan fingerprint density at radius 1 is 1.18 bits per heavy atom. The van der Waals surface area contributed by atoms with Crippen LogP contribution in [-0.4, -0.2) is 11.1 Å². The minimum absolute atomic E-state index is 0.0698. The molecule has 0 bridgehead atoms. The molecule has 2 rings (SSSR count). The molecule has 0 atom stereocenters. The van der Waals surface area contributed by atoms with Crippen molar-refractivity contribution in [3.63, 3.8) is 0 Å². The number of aromatic hydroxyl groups is 1. The number of benzene rings is 2. The Balaban J connectivity index is 2.29. The SMILES string of the molecule is NNC(=O)NNc1ccc2ccccc2c1O. The first-order chi connectivity index (χ1) is 8.22. The highest BCUT2D eigenvalue weighted by Crippen LogP contribution is 2.31. The Morgan fingerprint density at radius 2 is 1.94 bits per heavy atom. The number of rotatable bonds is 2. The van der Waals surface area contributed by atoms with Crippen molar-refractivity contribution >= 4 is 22.5 Å². The molecule has 2 aromatic carbocycles. The molecule has 0 fully saturated rings. The highest BCUT2D eigenvalue weighted by Gasteiger charge is 2.06. The van der Waals surface area contributed by atoms with Crippen LogP contribution in [0.5, 0.6) is 5.75 Å². The quantitative estimate of drug-likeness (QED) is 0.231. The van der Waals surface area contributed by atoms with Crippen LogP contribution < -0.4 is 22.1 Å². The number of hydrogen-bond acceptors (Lipinski definition) is 4. The molecule has 6 heteroatoms. The van der Waals surface area contributed by atoms with Crippen LogP contribution in [0.4, 0.5) is 10.5 Å². The number of carbonyl (C=O) groups is 1. The van der Waals surface area contributed by atoms with Gasteiger partial charge in [0.15, 0.2) is 0 Å². The average Bonchev–Trinajstić information content (AvgIpc) is 2.38. The monoisotopic (exact) mass is 232 g/mol. The van der Waals surface area contributed by atoms with Gasteiger partial charge in [-0.1, -0.05) is 30.3 Å². The molecule has 0 heterocycles. The number of amides is 2. The summed E-state index contributed by atoms with van der Waals surface area (Å²) in [5, 5.41) is 11.6. The van der Waals surface area contributed by atoms with E-state index >= 15 is 0 Å². The normalized spacial score (nSPS) is 9.94. The molecular weight excluding hydrogens is 220 g/mol. The number of nitrogens with one attached hydrogen (secondary N) is 3. The number of phenolic OH excluding ortho intramolecular Hbond substituents is 1. The number of urea groups is 1. The Kier molecular flexibility index (Phi) is 2.97. The van der Waals surface area contributed by atoms with E-state index in [9.17, 15) is 9.90 Å². The Morgan fingerprint density at radius 3 is 2.71 bits per heavy atom. The third kappa shape index (κ3) is 2.21. The van der Waals surface area contributed by atoms with Crippen LogP contribution in [-0.2, 0) is 0 Å². The molecule has 0 radical (unpaired) electrons. The van der Waals surface area contributed by atoms with Gasteiger partial charge in [0.2, 0.25) is 0 Å². The topological polar surface area (TPSA) is 99.4 Å². The van der Waals surface area contributed by atoms with E-state index in [0.29, 0.717) is 11.1 Å². The van der Waals surface area contributed by atoms with Gasteiger partial charge in [-0.15, -0.1) is 0 Å². The van der Waals surface area contributed by atoms with Crippen molar-refractivity contribution < 1.29 is 9.90 Å². The van der Waals surface area contributed by atoms with Crippen molar-refractivity contribution in [2.45, 2.75) is 0 Å². The summed E-state index contributed by atoms with van der Waals surface area (Å²) >= 11 is 0. The largest absolute Gasteiger partial charge is 0.505 e. The van der Waals surface area contributed by atoms with E-state index in [2.05, 4.69) is 10.9 Å². The zero-order valence-electron chi connectivity index (χ0n) is 8.90. The molecule has 0 unspecified atom stereocenters. The second-order valence-electron chi connectivity index (χ2n) is 3.41. The summed E-state index contributed by atoms with van der Waals surface area (Å²) in [6.07, 6.45) is 0. The molecule has 0 aliphatic carbocycles. The highest BCUT2D eigenvalue weighted by molar-refractivity contribution is 5.93. The number of hydrazine groups is 2. The lowest BCUT2D eigenvalue weighted by Gasteiger charge is -2.11. The molecule has 0 aliphatic rings. The van der Waals surface area contributed by atoms with Gasteiger partial charge in [0, 0.05) is 5.39 Å². The third-order valence-corrected chi connectivity index (χ3v) is 2.34. The van der Waals surface area contributed by atoms with Gasteiger partial charge >= 0.3 is 6.03 Å². The Hall–Kier alpha value is -2.47. The van der Waals surface area contributed by atoms with Gasteiger partial charge in [0.25, 0.3) is 0 Å². The second kappa shape index (κ2) is 4.58. The van der Waals surface area contributed by atoms with E-state index in [4.69, 9.17) is 5.84 Å². The van der Waals surface area contributed by atoms with Crippen LogP contribution in [0, 0.1) is 0 Å². The zero-order chi connectivity index (χ0) is 12.3. The van der Waals surface area contributed by atoms with Crippen LogP contribution in [0.1, 0.15) is 0 Å². The molecule has 0 aromatic heterocycles. The smallest absolute Gasteiger partial charge is 0.347 e. The lowest BCUT2D eigenvalue weighted by atomic mass is 10.1. The van der Waals surface area contributed by atoms with Gasteiger partial charge in [-0.25, -0.2) is 10.6 Å². The molecule has 88 valence electrons. The van der Waals surface area contributed by atoms with E-state index in [1.165, 1.54) is 0 Å². The van der Waals surface area contributed by atoms with Crippen LogP contribution >= 0.6 is 0 Å². The van der Waals surface area contributed by atoms with Crippen LogP contribution in [0.25, 0.3) is 10.8 Å². The number of hydrogen-bond donors (Lipinski definition) is 5. The molecule has 6 N–H and O–H groups in total. The second-order valence-corrected chi connectivity index (χ2v) is 3.41. The van der Waals surface area contributed by atoms with Crippen molar-refractivity contribution in [3.8, 4) is 5.75 Å². The number of carbonyl (C=O) groups excluding carboxylic acids is 1. The first kappa shape index (κ1) is 11.0. The van der Waals surface area contributed by atoms with Crippen LogP contribution in [0.15, 0.2) is 36.4 Å². The van der Waals surface area contributed by atoms with Gasteiger partial charge in [-0.05, 0) is 11.5 Å². The molecule has 0 spiro atoms. The summed E-state index contributed by atoms with van der Waals surface area (Å²) in [5.41, 5.74) is 7.13. The molecule has 2 aromatic rings. The lowest BCUT2D eigenvalue weighted by molar-refractivity contribution is 0.243. The van der Waals surface area contributed by atoms with E-state index < -0.39 is 6.03 Å². The van der Waals surface area contributed by atoms with Crippen molar-refractivity contribution in [3.05, 3.63) is 36.4 Å². The summed E-state index contributed by atoms with van der Waals surface area (Å²) < 4.78 is 0. The van der Waals surface area contributed by atoms with Crippen LogP contribution in [0.2, 0.25) is 0 Å². The predicted molar refractivity (Wildman–Crippen MR) is 65.1 cm³/mol. The van der Waals surface area contributed by atoms with E-state index in [-0.39, 0.29) is 5.75 Å². The van der Waals surface area contributed by atoms with Gasteiger partial charge in [0.05, 0.1) is 5.69 Å². The fraction of sp³-hybridized carbons (Fsp3) is 0. The third-order valence-electron chi connectivity index (χ3n) is 2.34. The van der Waals surface area contributed by atoms with Crippen molar-refractivity contribution in [1.29, 1.82) is 0 Å². The summed E-state index contributed by atoms with van der Waals surface area (Å²) in [6, 6.07) is 10.3. The number of nitrogens with two attached hydrogens (primary N) is 1. The van der Waals surface area contributed by atoms with Crippen molar-refractivity contribution in [2.24, 2.45) is 5.84 Å². The van der Waals surface area contributed by atoms with Gasteiger partial charge in [0.1, 0.15) is 5.75 Å². The number of fused-ring (bicyclic) bond motifs is 1. The molecular formula is C11H12N4O2. The first-order valence-electron chi connectivity index (χ1n) is 4.95. The minimum Gasteiger partial charge on any atom is -0.505 e. The van der Waals surface area contributed by atoms with Gasteiger partial charge < -0.3 is 5.11 Å². The maximum absolute atomic E-state index is 10.9. The summed E-state index contributed by atoms with van der Waals surface area (Å²) in [5.74, 6) is 4.97. The first-order valence-corrected chi connectivity index (χ1v) is 4.95. The lowest BCUT2D eigenvalue weighted by Crippen LogP contribution is -2.42. The van der Waals surface area contributed by atoms with Gasteiger partial charge in [-0.2, -0.15) is 0 Å². The van der Waals surface area contributed by atoms with Crippen LogP contribution in [0.3, 0.4) is 0 Å². The fourth-order valence-electron chi connectivity index (χ4n) is 1.52. The van der Waals surface area contributed by atoms with Crippen molar-refractivity contribution in [1.82, 2.24) is 10.9 Å². The predicted octanol–water partition coefficient (Wildman–Crippen LogP) is 1.05. The zero-order valence-corrected chi connectivity index (χ0v) is 8.90. The Bertz CT molecular complexity index is 556. The summed E-state index contributed by atoms with van der Waals surface area (Å²) in [6.45, 7) is 0. The minimum atomic E-state index is -0.599. The molecule has 0 saturated heterocycles. The maximum Gasteiger partial charge on any atom is 0.347 e. The number of phenols is 1.